The molecule has 1 fully saturated rings. The van der Waals surface area contributed by atoms with Gasteiger partial charge in [0.05, 0.1) is 13.0 Å². The van der Waals surface area contributed by atoms with Crippen molar-refractivity contribution in [2.45, 2.75) is 26.2 Å². The molecule has 0 atom stereocenters. The van der Waals surface area contributed by atoms with E-state index in [2.05, 4.69) is 0 Å². The number of likely N-dealkylation sites (tertiary alicyclic amines) is 1. The Morgan fingerprint density at radius 2 is 1.96 bits per heavy atom. The molecule has 2 rings (SSSR count). The number of hydrogen-bond donors (Lipinski definition) is 1. The van der Waals surface area contributed by atoms with Crippen molar-refractivity contribution in [3.63, 3.8) is 0 Å². The van der Waals surface area contributed by atoms with E-state index in [1.807, 2.05) is 31.2 Å². The monoisotopic (exact) mass is 317 g/mol. The van der Waals surface area contributed by atoms with E-state index >= 15 is 0 Å². The van der Waals surface area contributed by atoms with Gasteiger partial charge in [0.15, 0.2) is 0 Å². The molecular weight excluding hydrogens is 294 g/mol. The summed E-state index contributed by atoms with van der Waals surface area (Å²) in [5.41, 5.74) is 2.00. The summed E-state index contributed by atoms with van der Waals surface area (Å²) in [4.78, 5) is 25.0. The molecule has 0 radical (unpaired) electrons. The molecule has 1 aromatic rings. The van der Waals surface area contributed by atoms with Crippen molar-refractivity contribution in [2.24, 2.45) is 5.92 Å². The smallest absolute Gasteiger partial charge is 0.306 e. The lowest BCUT2D eigenvalue weighted by atomic mass is 9.97. The Morgan fingerprint density at radius 3 is 2.57 bits per heavy atom. The fourth-order valence-corrected chi connectivity index (χ4v) is 2.85. The quantitative estimate of drug-likeness (QED) is 0.847. The van der Waals surface area contributed by atoms with E-state index < -0.39 is 5.97 Å². The molecule has 1 heterocycles. The number of carboxylic acids is 1. The number of hydrogen-bond acceptors (Lipinski definition) is 3. The van der Waals surface area contributed by atoms with Gasteiger partial charge in [0.25, 0.3) is 0 Å². The van der Waals surface area contributed by atoms with Gasteiger partial charge >= 0.3 is 5.97 Å². The molecule has 1 saturated heterocycles. The van der Waals surface area contributed by atoms with Crippen molar-refractivity contribution in [1.29, 1.82) is 0 Å². The first kappa shape index (κ1) is 17.1. The molecular formula is C18H23NO4. The van der Waals surface area contributed by atoms with Crippen LogP contribution in [0.2, 0.25) is 0 Å². The third-order valence-electron chi connectivity index (χ3n) is 4.19. The van der Waals surface area contributed by atoms with Gasteiger partial charge in [0, 0.05) is 19.2 Å². The highest BCUT2D eigenvalue weighted by Gasteiger charge is 2.26. The highest BCUT2D eigenvalue weighted by atomic mass is 16.5. The van der Waals surface area contributed by atoms with Crippen LogP contribution in [-0.4, -0.2) is 42.1 Å². The van der Waals surface area contributed by atoms with E-state index in [1.54, 1.807) is 18.1 Å². The Kier molecular flexibility index (Phi) is 5.79. The summed E-state index contributed by atoms with van der Waals surface area (Å²) in [6.07, 6.45) is 3.36. The van der Waals surface area contributed by atoms with Crippen molar-refractivity contribution >= 4 is 11.9 Å². The maximum atomic E-state index is 12.3. The number of amides is 1. The van der Waals surface area contributed by atoms with Crippen molar-refractivity contribution in [3.8, 4) is 5.75 Å². The number of benzene rings is 1. The normalized spacial score (nSPS) is 16.3. The number of aliphatic carboxylic acids is 1. The molecule has 1 aromatic carbocycles. The first-order chi connectivity index (χ1) is 11.0. The Balaban J connectivity index is 1.95. The fraction of sp³-hybridized carbons (Fsp3) is 0.444. The summed E-state index contributed by atoms with van der Waals surface area (Å²) in [7, 11) is 1.63. The van der Waals surface area contributed by atoms with Gasteiger partial charge in [-0.05, 0) is 37.8 Å². The molecule has 5 nitrogen and oxygen atoms in total. The molecule has 0 bridgehead atoms. The van der Waals surface area contributed by atoms with E-state index in [1.165, 1.54) is 0 Å². The van der Waals surface area contributed by atoms with Crippen LogP contribution in [0.5, 0.6) is 5.75 Å². The molecule has 0 unspecified atom stereocenters. The Bertz CT molecular complexity index is 601. The molecule has 1 aliphatic rings. The minimum absolute atomic E-state index is 0.0405. The zero-order valence-corrected chi connectivity index (χ0v) is 13.6. The first-order valence-electron chi connectivity index (χ1n) is 7.82. The number of allylic oxidation sites excluding steroid dienone is 1. The van der Waals surface area contributed by atoms with E-state index in [9.17, 15) is 9.59 Å². The topological polar surface area (TPSA) is 66.8 Å². The van der Waals surface area contributed by atoms with Crippen molar-refractivity contribution in [3.05, 3.63) is 41.5 Å². The van der Waals surface area contributed by atoms with E-state index in [4.69, 9.17) is 9.84 Å². The number of nitrogens with zero attached hydrogens (tertiary/aromatic N) is 1. The van der Waals surface area contributed by atoms with E-state index in [0.29, 0.717) is 32.4 Å². The van der Waals surface area contributed by atoms with Crippen LogP contribution in [-0.2, 0) is 16.0 Å². The maximum absolute atomic E-state index is 12.3. The number of carboxylic acid groups (broad SMARTS) is 1. The summed E-state index contributed by atoms with van der Waals surface area (Å²) in [6.45, 7) is 2.94. The maximum Gasteiger partial charge on any atom is 0.306 e. The number of carbonyl (C=O) groups is 2. The lowest BCUT2D eigenvalue weighted by molar-refractivity contribution is -0.144. The summed E-state index contributed by atoms with van der Waals surface area (Å²) >= 11 is 0. The van der Waals surface area contributed by atoms with Crippen LogP contribution in [0.1, 0.15) is 25.3 Å². The number of para-hydroxylation sites is 1. The molecule has 1 N–H and O–H groups in total. The third kappa shape index (κ3) is 4.58. The Hall–Kier alpha value is -2.30. The number of methoxy groups -OCH3 is 1. The second kappa shape index (κ2) is 7.81. The molecule has 5 heteroatoms. The second-order valence-electron chi connectivity index (χ2n) is 5.92. The van der Waals surface area contributed by atoms with Crippen molar-refractivity contribution in [2.75, 3.05) is 20.2 Å². The molecule has 23 heavy (non-hydrogen) atoms. The molecule has 1 aliphatic heterocycles. The van der Waals surface area contributed by atoms with E-state index in [-0.39, 0.29) is 11.8 Å². The second-order valence-corrected chi connectivity index (χ2v) is 5.92. The summed E-state index contributed by atoms with van der Waals surface area (Å²) in [5, 5.41) is 8.99. The van der Waals surface area contributed by atoms with Crippen LogP contribution in [0, 0.1) is 5.92 Å². The van der Waals surface area contributed by atoms with Crippen LogP contribution in [0.15, 0.2) is 35.9 Å². The van der Waals surface area contributed by atoms with Gasteiger partial charge in [-0.1, -0.05) is 23.8 Å². The van der Waals surface area contributed by atoms with E-state index in [0.717, 1.165) is 16.9 Å². The SMILES string of the molecule is COc1ccccc1CC(C)=CC(=O)N1CCC(C(=O)O)CC1. The van der Waals surface area contributed by atoms with Gasteiger partial charge < -0.3 is 14.7 Å². The summed E-state index contributed by atoms with van der Waals surface area (Å²) in [6, 6.07) is 7.75. The number of ether oxygens (including phenoxy) is 1. The van der Waals surface area contributed by atoms with Gasteiger partial charge in [0.1, 0.15) is 5.75 Å². The van der Waals surface area contributed by atoms with Crippen LogP contribution in [0.3, 0.4) is 0 Å². The zero-order chi connectivity index (χ0) is 16.8. The Labute approximate surface area is 136 Å². The third-order valence-corrected chi connectivity index (χ3v) is 4.19. The standard InChI is InChI=1S/C18H23NO4/c1-13(11-15-5-3-4-6-16(15)23-2)12-17(20)19-9-7-14(8-10-19)18(21)22/h3-6,12,14H,7-11H2,1-2H3,(H,21,22). The van der Waals surface area contributed by atoms with Gasteiger partial charge in [-0.3, -0.25) is 9.59 Å². The lowest BCUT2D eigenvalue weighted by Gasteiger charge is -2.29. The van der Waals surface area contributed by atoms with Crippen molar-refractivity contribution in [1.82, 2.24) is 4.90 Å². The van der Waals surface area contributed by atoms with Gasteiger partial charge in [-0.25, -0.2) is 0 Å². The number of carbonyl (C=O) groups excluding carboxylic acids is 1. The minimum atomic E-state index is -0.764. The first-order valence-corrected chi connectivity index (χ1v) is 7.82. The molecule has 0 aliphatic carbocycles. The largest absolute Gasteiger partial charge is 0.496 e. The molecule has 1 amide bonds. The Morgan fingerprint density at radius 1 is 1.30 bits per heavy atom. The van der Waals surface area contributed by atoms with Crippen LogP contribution in [0.4, 0.5) is 0 Å². The van der Waals surface area contributed by atoms with Gasteiger partial charge in [-0.15, -0.1) is 0 Å². The molecule has 124 valence electrons. The average Bonchev–Trinajstić information content (AvgIpc) is 2.55. The number of piperidine rings is 1. The molecule has 0 spiro atoms. The van der Waals surface area contributed by atoms with Gasteiger partial charge in [0.2, 0.25) is 5.91 Å². The van der Waals surface area contributed by atoms with Gasteiger partial charge in [-0.2, -0.15) is 0 Å². The lowest BCUT2D eigenvalue weighted by Crippen LogP contribution is -2.39. The zero-order valence-electron chi connectivity index (χ0n) is 13.6. The predicted molar refractivity (Wildman–Crippen MR) is 87.4 cm³/mol. The number of rotatable bonds is 5. The molecule has 0 aromatic heterocycles. The summed E-state index contributed by atoms with van der Waals surface area (Å²) in [5.74, 6) is -0.311. The fourth-order valence-electron chi connectivity index (χ4n) is 2.85. The van der Waals surface area contributed by atoms with Crippen LogP contribution in [0.25, 0.3) is 0 Å². The summed E-state index contributed by atoms with van der Waals surface area (Å²) < 4.78 is 5.32. The highest BCUT2D eigenvalue weighted by Crippen LogP contribution is 2.21. The molecule has 0 saturated carbocycles. The minimum Gasteiger partial charge on any atom is -0.496 e. The van der Waals surface area contributed by atoms with Crippen molar-refractivity contribution < 1.29 is 19.4 Å². The average molecular weight is 317 g/mol. The van der Waals surface area contributed by atoms with Crippen LogP contribution < -0.4 is 4.74 Å². The van der Waals surface area contributed by atoms with Crippen LogP contribution >= 0.6 is 0 Å². The predicted octanol–water partition coefficient (Wildman–Crippen LogP) is 2.51. The highest BCUT2D eigenvalue weighted by molar-refractivity contribution is 5.88.